The van der Waals surface area contributed by atoms with Crippen molar-refractivity contribution in [2.24, 2.45) is 0 Å². The van der Waals surface area contributed by atoms with E-state index in [0.717, 1.165) is 0 Å². The van der Waals surface area contributed by atoms with Gasteiger partial charge in [0.1, 0.15) is 0 Å². The second-order valence-corrected chi connectivity index (χ2v) is 6.80. The van der Waals surface area contributed by atoms with Crippen LogP contribution in [0.25, 0.3) is 0 Å². The summed E-state index contributed by atoms with van der Waals surface area (Å²) < 4.78 is 22.6. The van der Waals surface area contributed by atoms with Crippen LogP contribution < -0.4 is 5.32 Å². The van der Waals surface area contributed by atoms with Crippen LogP contribution in [0.4, 0.5) is 5.69 Å². The van der Waals surface area contributed by atoms with Crippen molar-refractivity contribution in [2.75, 3.05) is 5.32 Å². The molecule has 104 valence electrons. The maximum Gasteiger partial charge on any atom is 0.261 e. The largest absolute Gasteiger partial charge is 0.322 e. The summed E-state index contributed by atoms with van der Waals surface area (Å²) in [6.45, 7) is 1.73. The molecular formula is C14H12ClNO3S. The van der Waals surface area contributed by atoms with Crippen LogP contribution in [0.5, 0.6) is 0 Å². The number of hydrogen-bond acceptors (Lipinski definition) is 3. The molecule has 6 heteroatoms. The smallest absolute Gasteiger partial charge is 0.261 e. The molecular weight excluding hydrogens is 298 g/mol. The highest BCUT2D eigenvalue weighted by molar-refractivity contribution is 8.13. The maximum atomic E-state index is 12.2. The number of carbonyl (C=O) groups is 1. The monoisotopic (exact) mass is 309 g/mol. The molecule has 2 aromatic carbocycles. The van der Waals surface area contributed by atoms with Gasteiger partial charge >= 0.3 is 0 Å². The molecule has 1 amide bonds. The summed E-state index contributed by atoms with van der Waals surface area (Å²) >= 11 is 0. The molecule has 4 nitrogen and oxygen atoms in total. The van der Waals surface area contributed by atoms with E-state index in [4.69, 9.17) is 10.7 Å². The van der Waals surface area contributed by atoms with Gasteiger partial charge in [-0.05, 0) is 36.8 Å². The average molecular weight is 310 g/mol. The second kappa shape index (κ2) is 5.64. The molecule has 0 heterocycles. The minimum Gasteiger partial charge on any atom is -0.322 e. The zero-order valence-electron chi connectivity index (χ0n) is 10.6. The van der Waals surface area contributed by atoms with Gasteiger partial charge < -0.3 is 5.32 Å². The highest BCUT2D eigenvalue weighted by Crippen LogP contribution is 2.20. The molecule has 2 aromatic rings. The van der Waals surface area contributed by atoms with E-state index >= 15 is 0 Å². The van der Waals surface area contributed by atoms with Crippen molar-refractivity contribution in [3.05, 3.63) is 59.7 Å². The number of hydrogen-bond donors (Lipinski definition) is 1. The first kappa shape index (κ1) is 14.6. The third-order valence-corrected chi connectivity index (χ3v) is 4.12. The lowest BCUT2D eigenvalue weighted by Crippen LogP contribution is -2.14. The summed E-state index contributed by atoms with van der Waals surface area (Å²) in [5.41, 5.74) is 1.58. The van der Waals surface area contributed by atoms with Gasteiger partial charge in [-0.3, -0.25) is 4.79 Å². The summed E-state index contributed by atoms with van der Waals surface area (Å²) in [6.07, 6.45) is 0. The molecule has 0 spiro atoms. The first-order valence-electron chi connectivity index (χ1n) is 5.79. The molecule has 0 fully saturated rings. The standard InChI is InChI=1S/C14H12ClNO3S/c1-10-7-8-12(20(15,18)19)9-13(10)14(17)16-11-5-3-2-4-6-11/h2-9H,1H3,(H,16,17). The Morgan fingerprint density at radius 3 is 2.35 bits per heavy atom. The van der Waals surface area contributed by atoms with E-state index in [1.54, 1.807) is 37.3 Å². The summed E-state index contributed by atoms with van der Waals surface area (Å²) in [6, 6.07) is 13.1. The normalized spacial score (nSPS) is 11.1. The van der Waals surface area contributed by atoms with Gasteiger partial charge in [0.05, 0.1) is 4.90 Å². The Labute approximate surface area is 121 Å². The van der Waals surface area contributed by atoms with E-state index in [2.05, 4.69) is 5.32 Å². The van der Waals surface area contributed by atoms with Gasteiger partial charge in [0, 0.05) is 21.9 Å². The van der Waals surface area contributed by atoms with E-state index in [9.17, 15) is 13.2 Å². The molecule has 0 aromatic heterocycles. The van der Waals surface area contributed by atoms with Crippen LogP contribution >= 0.6 is 10.7 Å². The molecule has 0 bridgehead atoms. The molecule has 0 saturated heterocycles. The number of amides is 1. The lowest BCUT2D eigenvalue weighted by molar-refractivity contribution is 0.102. The Bertz CT molecular complexity index is 742. The Kier molecular flexibility index (Phi) is 4.11. The van der Waals surface area contributed by atoms with Gasteiger partial charge in [0.15, 0.2) is 0 Å². The van der Waals surface area contributed by atoms with Crippen LogP contribution in [-0.4, -0.2) is 14.3 Å². The van der Waals surface area contributed by atoms with E-state index in [-0.39, 0.29) is 16.4 Å². The predicted octanol–water partition coefficient (Wildman–Crippen LogP) is 3.17. The summed E-state index contributed by atoms with van der Waals surface area (Å²) in [7, 11) is 1.43. The second-order valence-electron chi connectivity index (χ2n) is 4.23. The van der Waals surface area contributed by atoms with E-state index in [1.165, 1.54) is 12.1 Å². The van der Waals surface area contributed by atoms with Crippen LogP contribution in [0.3, 0.4) is 0 Å². The van der Waals surface area contributed by atoms with E-state index in [1.807, 2.05) is 6.07 Å². The quantitative estimate of drug-likeness (QED) is 0.886. The number of benzene rings is 2. The highest BCUT2D eigenvalue weighted by atomic mass is 35.7. The number of halogens is 1. The number of nitrogens with one attached hydrogen (secondary N) is 1. The lowest BCUT2D eigenvalue weighted by atomic mass is 10.1. The predicted molar refractivity (Wildman–Crippen MR) is 78.6 cm³/mol. The molecule has 0 saturated carbocycles. The summed E-state index contributed by atoms with van der Waals surface area (Å²) in [5.74, 6) is -0.379. The lowest BCUT2D eigenvalue weighted by Gasteiger charge is -2.08. The SMILES string of the molecule is Cc1ccc(S(=O)(=O)Cl)cc1C(=O)Nc1ccccc1. The van der Waals surface area contributed by atoms with E-state index < -0.39 is 9.05 Å². The van der Waals surface area contributed by atoms with Gasteiger partial charge in [-0.25, -0.2) is 8.42 Å². The summed E-state index contributed by atoms with van der Waals surface area (Å²) in [4.78, 5) is 12.1. The number of para-hydroxylation sites is 1. The van der Waals surface area contributed by atoms with Crippen LogP contribution in [0.15, 0.2) is 53.4 Å². The van der Waals surface area contributed by atoms with Crippen molar-refractivity contribution in [1.82, 2.24) is 0 Å². The third-order valence-electron chi connectivity index (χ3n) is 2.77. The summed E-state index contributed by atoms with van der Waals surface area (Å²) in [5, 5.41) is 2.70. The van der Waals surface area contributed by atoms with Crippen LogP contribution in [0.1, 0.15) is 15.9 Å². The zero-order chi connectivity index (χ0) is 14.8. The van der Waals surface area contributed by atoms with Crippen molar-refractivity contribution in [3.8, 4) is 0 Å². The van der Waals surface area contributed by atoms with Gasteiger partial charge in [-0.2, -0.15) is 0 Å². The molecule has 20 heavy (non-hydrogen) atoms. The Hall–Kier alpha value is -1.85. The number of rotatable bonds is 3. The van der Waals surface area contributed by atoms with Crippen molar-refractivity contribution in [3.63, 3.8) is 0 Å². The fourth-order valence-corrected chi connectivity index (χ4v) is 2.49. The van der Waals surface area contributed by atoms with Crippen LogP contribution in [-0.2, 0) is 9.05 Å². The molecule has 0 aliphatic heterocycles. The molecule has 0 aliphatic carbocycles. The van der Waals surface area contributed by atoms with E-state index in [0.29, 0.717) is 11.3 Å². The topological polar surface area (TPSA) is 63.2 Å². The minimum absolute atomic E-state index is 0.0945. The Balaban J connectivity index is 2.35. The molecule has 2 rings (SSSR count). The first-order valence-corrected chi connectivity index (χ1v) is 8.10. The van der Waals surface area contributed by atoms with Crippen molar-refractivity contribution in [2.45, 2.75) is 11.8 Å². The molecule has 0 radical (unpaired) electrons. The van der Waals surface area contributed by atoms with Crippen LogP contribution in [0.2, 0.25) is 0 Å². The van der Waals surface area contributed by atoms with Gasteiger partial charge in [0.2, 0.25) is 0 Å². The highest BCUT2D eigenvalue weighted by Gasteiger charge is 2.15. The van der Waals surface area contributed by atoms with Gasteiger partial charge in [-0.15, -0.1) is 0 Å². The Morgan fingerprint density at radius 2 is 1.75 bits per heavy atom. The van der Waals surface area contributed by atoms with Crippen molar-refractivity contribution >= 4 is 31.3 Å². The van der Waals surface area contributed by atoms with Gasteiger partial charge in [-0.1, -0.05) is 24.3 Å². The molecule has 0 atom stereocenters. The minimum atomic E-state index is -3.86. The number of carbonyl (C=O) groups excluding carboxylic acids is 1. The average Bonchev–Trinajstić information content (AvgIpc) is 2.39. The van der Waals surface area contributed by atoms with Crippen LogP contribution in [0, 0.1) is 6.92 Å². The number of anilines is 1. The first-order chi connectivity index (χ1) is 9.38. The maximum absolute atomic E-state index is 12.2. The fourth-order valence-electron chi connectivity index (χ4n) is 1.72. The number of aryl methyl sites for hydroxylation is 1. The molecule has 0 aliphatic rings. The van der Waals surface area contributed by atoms with Crippen molar-refractivity contribution in [1.29, 1.82) is 0 Å². The molecule has 0 unspecified atom stereocenters. The molecule has 1 N–H and O–H groups in total. The fraction of sp³-hybridized carbons (Fsp3) is 0.0714. The van der Waals surface area contributed by atoms with Gasteiger partial charge in [0.25, 0.3) is 15.0 Å². The third kappa shape index (κ3) is 3.37. The Morgan fingerprint density at radius 1 is 1.10 bits per heavy atom. The zero-order valence-corrected chi connectivity index (χ0v) is 12.2. The van der Waals surface area contributed by atoms with Crippen molar-refractivity contribution < 1.29 is 13.2 Å².